The van der Waals surface area contributed by atoms with Crippen LogP contribution < -0.4 is 10.6 Å². The number of nitrogens with two attached hydrogens (primary N) is 1. The van der Waals surface area contributed by atoms with Crippen molar-refractivity contribution in [1.29, 1.82) is 0 Å². The van der Waals surface area contributed by atoms with Gasteiger partial charge >= 0.3 is 0 Å². The van der Waals surface area contributed by atoms with E-state index in [2.05, 4.69) is 31.9 Å². The molecule has 0 bridgehead atoms. The first-order valence-corrected chi connectivity index (χ1v) is 9.65. The molecule has 6 heteroatoms. The molecule has 0 radical (unpaired) electrons. The molecule has 1 aromatic heterocycles. The summed E-state index contributed by atoms with van der Waals surface area (Å²) in [6.45, 7) is 6.68. The number of hydrogen-bond acceptors (Lipinski definition) is 6. The van der Waals surface area contributed by atoms with Gasteiger partial charge in [-0.05, 0) is 31.6 Å². The van der Waals surface area contributed by atoms with E-state index < -0.39 is 0 Å². The van der Waals surface area contributed by atoms with E-state index in [-0.39, 0.29) is 0 Å². The first-order valence-electron chi connectivity index (χ1n) is 9.65. The molecule has 3 heterocycles. The quantitative estimate of drug-likeness (QED) is 0.842. The number of nitrogen functional groups attached to an aromatic ring is 1. The zero-order chi connectivity index (χ0) is 17.1. The zero-order valence-electron chi connectivity index (χ0n) is 15.0. The van der Waals surface area contributed by atoms with Gasteiger partial charge in [0.1, 0.15) is 5.82 Å². The number of rotatable bonds is 3. The first-order chi connectivity index (χ1) is 12.3. The maximum Gasteiger partial charge on any atom is 0.222 e. The zero-order valence-corrected chi connectivity index (χ0v) is 15.0. The van der Waals surface area contributed by atoms with Crippen LogP contribution in [0.5, 0.6) is 0 Å². The van der Waals surface area contributed by atoms with E-state index in [1.807, 2.05) is 0 Å². The van der Waals surface area contributed by atoms with Gasteiger partial charge in [0, 0.05) is 44.7 Å². The number of aromatic nitrogens is 2. The van der Waals surface area contributed by atoms with E-state index in [0.29, 0.717) is 5.95 Å². The summed E-state index contributed by atoms with van der Waals surface area (Å²) in [4.78, 5) is 14.1. The van der Waals surface area contributed by atoms with Gasteiger partial charge in [0.2, 0.25) is 5.95 Å². The van der Waals surface area contributed by atoms with Crippen LogP contribution in [-0.4, -0.2) is 60.8 Å². The van der Waals surface area contributed by atoms with Gasteiger partial charge in [-0.1, -0.05) is 12.2 Å². The van der Waals surface area contributed by atoms with Crippen molar-refractivity contribution in [3.05, 3.63) is 23.4 Å². The van der Waals surface area contributed by atoms with Crippen LogP contribution in [0.4, 0.5) is 11.8 Å². The summed E-state index contributed by atoms with van der Waals surface area (Å²) < 4.78 is 5.49. The number of nitrogens with zero attached hydrogens (tertiary/aromatic N) is 4. The average molecular weight is 343 g/mol. The van der Waals surface area contributed by atoms with E-state index in [1.54, 1.807) is 0 Å². The van der Waals surface area contributed by atoms with Crippen molar-refractivity contribution in [3.8, 4) is 0 Å². The predicted octanol–water partition coefficient (Wildman–Crippen LogP) is 1.65. The summed E-state index contributed by atoms with van der Waals surface area (Å²) in [5.41, 5.74) is 8.48. The molecule has 0 aromatic carbocycles. The molecule has 1 aliphatic carbocycles. The summed E-state index contributed by atoms with van der Waals surface area (Å²) in [6, 6.07) is 0. The third-order valence-corrected chi connectivity index (χ3v) is 5.64. The van der Waals surface area contributed by atoms with Crippen molar-refractivity contribution < 1.29 is 4.74 Å². The second kappa shape index (κ2) is 7.70. The Balaban J connectivity index is 1.49. The van der Waals surface area contributed by atoms with Gasteiger partial charge in [-0.15, -0.1) is 0 Å². The van der Waals surface area contributed by atoms with E-state index in [0.717, 1.165) is 69.7 Å². The second-order valence-electron chi connectivity index (χ2n) is 7.38. The molecule has 136 valence electrons. The molecule has 4 rings (SSSR count). The highest BCUT2D eigenvalue weighted by Crippen LogP contribution is 2.27. The Labute approximate surface area is 150 Å². The molecule has 1 unspecified atom stereocenters. The normalized spacial score (nSPS) is 24.8. The molecule has 0 saturated carbocycles. The van der Waals surface area contributed by atoms with Crippen molar-refractivity contribution >= 4 is 11.8 Å². The molecule has 25 heavy (non-hydrogen) atoms. The smallest absolute Gasteiger partial charge is 0.222 e. The summed E-state index contributed by atoms with van der Waals surface area (Å²) >= 11 is 0. The molecule has 1 saturated heterocycles. The van der Waals surface area contributed by atoms with Crippen LogP contribution in [0.25, 0.3) is 0 Å². The van der Waals surface area contributed by atoms with E-state index in [4.69, 9.17) is 10.5 Å². The lowest BCUT2D eigenvalue weighted by Gasteiger charge is -2.30. The number of ether oxygens (including phenoxy) is 1. The first kappa shape index (κ1) is 16.8. The van der Waals surface area contributed by atoms with Crippen LogP contribution in [0.15, 0.2) is 12.2 Å². The van der Waals surface area contributed by atoms with Gasteiger partial charge in [-0.2, -0.15) is 4.98 Å². The average Bonchev–Trinajstić information content (AvgIpc) is 2.85. The topological polar surface area (TPSA) is 67.5 Å². The van der Waals surface area contributed by atoms with Crippen LogP contribution in [0.1, 0.15) is 30.5 Å². The van der Waals surface area contributed by atoms with Crippen LogP contribution in [-0.2, 0) is 17.6 Å². The maximum atomic E-state index is 6.02. The molecule has 0 spiro atoms. The Morgan fingerprint density at radius 2 is 1.92 bits per heavy atom. The summed E-state index contributed by atoms with van der Waals surface area (Å²) in [7, 11) is 0. The molecule has 1 fully saturated rings. The monoisotopic (exact) mass is 343 g/mol. The van der Waals surface area contributed by atoms with Crippen LogP contribution >= 0.6 is 0 Å². The maximum absolute atomic E-state index is 6.02. The Morgan fingerprint density at radius 3 is 2.72 bits per heavy atom. The molecule has 2 N–H and O–H groups in total. The Bertz CT molecular complexity index is 626. The third-order valence-electron chi connectivity index (χ3n) is 5.64. The van der Waals surface area contributed by atoms with E-state index in [9.17, 15) is 0 Å². The van der Waals surface area contributed by atoms with Crippen molar-refractivity contribution in [2.75, 3.05) is 56.6 Å². The number of morpholine rings is 1. The summed E-state index contributed by atoms with van der Waals surface area (Å²) in [5.74, 6) is 2.26. The molecule has 1 aromatic rings. The predicted molar refractivity (Wildman–Crippen MR) is 99.8 cm³/mol. The van der Waals surface area contributed by atoms with Crippen molar-refractivity contribution in [2.24, 2.45) is 5.92 Å². The SMILES string of the molecule is Nc1nc2c(c(N3CCOCC3)n1)CCN(CC1CC=CCC1)CC2. The number of hydrogen-bond donors (Lipinski definition) is 1. The van der Waals surface area contributed by atoms with Crippen molar-refractivity contribution in [1.82, 2.24) is 14.9 Å². The number of fused-ring (bicyclic) bond motifs is 1. The van der Waals surface area contributed by atoms with Gasteiger partial charge in [-0.3, -0.25) is 0 Å². The third kappa shape index (κ3) is 3.96. The minimum Gasteiger partial charge on any atom is -0.378 e. The molecule has 3 aliphatic rings. The second-order valence-corrected chi connectivity index (χ2v) is 7.38. The molecule has 0 amide bonds. The molecule has 2 aliphatic heterocycles. The lowest BCUT2D eigenvalue weighted by atomic mass is 9.94. The fourth-order valence-electron chi connectivity index (χ4n) is 4.25. The minimum atomic E-state index is 0.408. The van der Waals surface area contributed by atoms with Crippen molar-refractivity contribution in [3.63, 3.8) is 0 Å². The highest BCUT2D eigenvalue weighted by molar-refractivity contribution is 5.53. The molecule has 1 atom stereocenters. The Kier molecular flexibility index (Phi) is 5.17. The fourth-order valence-corrected chi connectivity index (χ4v) is 4.25. The van der Waals surface area contributed by atoms with Gasteiger partial charge in [0.05, 0.1) is 18.9 Å². The van der Waals surface area contributed by atoms with Crippen LogP contribution in [0, 0.1) is 5.92 Å². The fraction of sp³-hybridized carbons (Fsp3) is 0.684. The summed E-state index contributed by atoms with van der Waals surface area (Å²) in [5, 5.41) is 0. The highest BCUT2D eigenvalue weighted by atomic mass is 16.5. The minimum absolute atomic E-state index is 0.408. The lowest BCUT2D eigenvalue weighted by molar-refractivity contribution is 0.122. The molecule has 6 nitrogen and oxygen atoms in total. The Hall–Kier alpha value is -1.66. The number of anilines is 2. The van der Waals surface area contributed by atoms with E-state index >= 15 is 0 Å². The van der Waals surface area contributed by atoms with Crippen molar-refractivity contribution in [2.45, 2.75) is 32.1 Å². The van der Waals surface area contributed by atoms with E-state index in [1.165, 1.54) is 31.4 Å². The summed E-state index contributed by atoms with van der Waals surface area (Å²) in [6.07, 6.45) is 10.5. The lowest BCUT2D eigenvalue weighted by Crippen LogP contribution is -2.38. The van der Waals surface area contributed by atoms with Gasteiger partial charge in [-0.25, -0.2) is 4.98 Å². The van der Waals surface area contributed by atoms with Gasteiger partial charge < -0.3 is 20.3 Å². The number of allylic oxidation sites excluding steroid dienone is 2. The van der Waals surface area contributed by atoms with Crippen LogP contribution in [0.2, 0.25) is 0 Å². The van der Waals surface area contributed by atoms with Gasteiger partial charge in [0.25, 0.3) is 0 Å². The standard InChI is InChI=1S/C19H29N5O/c20-19-21-17-7-9-23(14-15-4-2-1-3-5-15)8-6-16(17)18(22-19)24-10-12-25-13-11-24/h1-2,15H,3-14H2,(H2,20,21,22). The van der Waals surface area contributed by atoms with Gasteiger partial charge in [0.15, 0.2) is 0 Å². The Morgan fingerprint density at radius 1 is 1.08 bits per heavy atom. The largest absolute Gasteiger partial charge is 0.378 e. The molecular formula is C19H29N5O. The van der Waals surface area contributed by atoms with Crippen LogP contribution in [0.3, 0.4) is 0 Å². The molecular weight excluding hydrogens is 314 g/mol. The highest BCUT2D eigenvalue weighted by Gasteiger charge is 2.25.